The summed E-state index contributed by atoms with van der Waals surface area (Å²) in [5.74, 6) is -1.64. The first-order chi connectivity index (χ1) is 9.40. The van der Waals surface area contributed by atoms with Crippen LogP contribution in [0.2, 0.25) is 0 Å². The lowest BCUT2D eigenvalue weighted by molar-refractivity contribution is -0.142. The minimum atomic E-state index is -0.895. The third-order valence-electron chi connectivity index (χ3n) is 2.86. The lowest BCUT2D eigenvalue weighted by atomic mass is 10.1. The number of aliphatic carboxylic acids is 1. The third-order valence-corrected chi connectivity index (χ3v) is 2.86. The lowest BCUT2D eigenvalue weighted by Gasteiger charge is -2.23. The zero-order chi connectivity index (χ0) is 15.1. The van der Waals surface area contributed by atoms with Crippen LogP contribution in [-0.4, -0.2) is 28.4 Å². The summed E-state index contributed by atoms with van der Waals surface area (Å²) in [5, 5.41) is 9.01. The molecule has 20 heavy (non-hydrogen) atoms. The van der Waals surface area contributed by atoms with E-state index in [-0.39, 0.29) is 12.5 Å². The van der Waals surface area contributed by atoms with E-state index in [1.54, 1.807) is 11.8 Å². The highest BCUT2D eigenvalue weighted by Crippen LogP contribution is 2.09. The fourth-order valence-electron chi connectivity index (χ4n) is 1.78. The van der Waals surface area contributed by atoms with Crippen molar-refractivity contribution in [1.29, 1.82) is 0 Å². The Hall–Kier alpha value is -2.10. The largest absolute Gasteiger partial charge is 0.481 e. The standard InChI is InChI=1S/C16H21NO3/c1-12(2)9-15(18)17(10-13(3)16(19)20)11-14-7-5-4-6-8-14/h4-9,13H,10-11H2,1-3H3,(H,19,20)/t13-/m0/s1. The molecule has 1 rings (SSSR count). The van der Waals surface area contributed by atoms with Gasteiger partial charge in [-0.1, -0.05) is 42.8 Å². The monoisotopic (exact) mass is 275 g/mol. The van der Waals surface area contributed by atoms with Gasteiger partial charge in [0.15, 0.2) is 0 Å². The summed E-state index contributed by atoms with van der Waals surface area (Å²) in [6.45, 7) is 5.92. The van der Waals surface area contributed by atoms with Gasteiger partial charge in [-0.3, -0.25) is 9.59 Å². The first-order valence-electron chi connectivity index (χ1n) is 6.60. The van der Waals surface area contributed by atoms with Crippen molar-refractivity contribution in [2.75, 3.05) is 6.54 Å². The number of carbonyl (C=O) groups excluding carboxylic acids is 1. The lowest BCUT2D eigenvalue weighted by Crippen LogP contribution is -2.35. The molecule has 0 aliphatic heterocycles. The van der Waals surface area contributed by atoms with Gasteiger partial charge in [-0.05, 0) is 19.4 Å². The first-order valence-corrected chi connectivity index (χ1v) is 6.60. The van der Waals surface area contributed by atoms with Crippen LogP contribution in [0.15, 0.2) is 42.0 Å². The van der Waals surface area contributed by atoms with Crippen molar-refractivity contribution in [3.63, 3.8) is 0 Å². The van der Waals surface area contributed by atoms with Gasteiger partial charge >= 0.3 is 5.97 Å². The molecule has 108 valence electrons. The number of rotatable bonds is 6. The molecule has 0 radical (unpaired) electrons. The molecule has 0 unspecified atom stereocenters. The van der Waals surface area contributed by atoms with Gasteiger partial charge in [0, 0.05) is 19.2 Å². The van der Waals surface area contributed by atoms with Crippen LogP contribution in [0.5, 0.6) is 0 Å². The smallest absolute Gasteiger partial charge is 0.308 e. The number of nitrogens with zero attached hydrogens (tertiary/aromatic N) is 1. The molecule has 0 aliphatic carbocycles. The van der Waals surface area contributed by atoms with E-state index in [0.717, 1.165) is 11.1 Å². The maximum atomic E-state index is 12.2. The van der Waals surface area contributed by atoms with Crippen molar-refractivity contribution in [1.82, 2.24) is 4.90 Å². The number of hydrogen-bond acceptors (Lipinski definition) is 2. The Bertz CT molecular complexity index is 490. The van der Waals surface area contributed by atoms with Gasteiger partial charge in [0.2, 0.25) is 5.91 Å². The first kappa shape index (κ1) is 16.0. The maximum absolute atomic E-state index is 12.2. The van der Waals surface area contributed by atoms with E-state index >= 15 is 0 Å². The second-order valence-electron chi connectivity index (χ2n) is 5.17. The fourth-order valence-corrected chi connectivity index (χ4v) is 1.78. The molecular formula is C16H21NO3. The number of hydrogen-bond donors (Lipinski definition) is 1. The number of carbonyl (C=O) groups is 2. The molecule has 4 nitrogen and oxygen atoms in total. The Morgan fingerprint density at radius 1 is 1.25 bits per heavy atom. The summed E-state index contributed by atoms with van der Waals surface area (Å²) in [6.07, 6.45) is 1.54. The Balaban J connectivity index is 2.86. The van der Waals surface area contributed by atoms with E-state index in [1.807, 2.05) is 44.2 Å². The molecule has 1 atom stereocenters. The molecule has 0 heterocycles. The van der Waals surface area contributed by atoms with Gasteiger partial charge in [-0.15, -0.1) is 0 Å². The zero-order valence-corrected chi connectivity index (χ0v) is 12.2. The molecule has 1 aromatic carbocycles. The van der Waals surface area contributed by atoms with Crippen LogP contribution in [0.25, 0.3) is 0 Å². The Morgan fingerprint density at radius 3 is 2.35 bits per heavy atom. The number of carboxylic acid groups (broad SMARTS) is 1. The summed E-state index contributed by atoms with van der Waals surface area (Å²) < 4.78 is 0. The van der Waals surface area contributed by atoms with E-state index in [1.165, 1.54) is 6.08 Å². The van der Waals surface area contributed by atoms with Crippen molar-refractivity contribution >= 4 is 11.9 Å². The summed E-state index contributed by atoms with van der Waals surface area (Å²) in [5.41, 5.74) is 1.89. The second-order valence-corrected chi connectivity index (χ2v) is 5.17. The van der Waals surface area contributed by atoms with Crippen molar-refractivity contribution in [2.45, 2.75) is 27.3 Å². The Morgan fingerprint density at radius 2 is 1.85 bits per heavy atom. The number of allylic oxidation sites excluding steroid dienone is 1. The molecular weight excluding hydrogens is 254 g/mol. The van der Waals surface area contributed by atoms with Gasteiger partial charge in [-0.25, -0.2) is 0 Å². The average Bonchev–Trinajstić information content (AvgIpc) is 2.38. The predicted octanol–water partition coefficient (Wildman–Crippen LogP) is 2.70. The Kier molecular flexibility index (Phi) is 5.97. The minimum Gasteiger partial charge on any atom is -0.481 e. The molecule has 4 heteroatoms. The molecule has 0 bridgehead atoms. The summed E-state index contributed by atoms with van der Waals surface area (Å²) >= 11 is 0. The van der Waals surface area contributed by atoms with Gasteiger partial charge in [0.05, 0.1) is 5.92 Å². The number of benzene rings is 1. The third kappa shape index (κ3) is 5.26. The summed E-state index contributed by atoms with van der Waals surface area (Å²) in [7, 11) is 0. The second kappa shape index (κ2) is 7.48. The molecule has 1 amide bonds. The van der Waals surface area contributed by atoms with Crippen LogP contribution in [0.4, 0.5) is 0 Å². The van der Waals surface area contributed by atoms with Gasteiger partial charge < -0.3 is 10.0 Å². The van der Waals surface area contributed by atoms with Crippen molar-refractivity contribution in [2.24, 2.45) is 5.92 Å². The minimum absolute atomic E-state index is 0.151. The van der Waals surface area contributed by atoms with Crippen LogP contribution in [-0.2, 0) is 16.1 Å². The van der Waals surface area contributed by atoms with E-state index in [2.05, 4.69) is 0 Å². The summed E-state index contributed by atoms with van der Waals surface area (Å²) in [4.78, 5) is 24.7. The van der Waals surface area contributed by atoms with Gasteiger partial charge in [0.1, 0.15) is 0 Å². The summed E-state index contributed by atoms with van der Waals surface area (Å²) in [6, 6.07) is 9.56. The fraction of sp³-hybridized carbons (Fsp3) is 0.375. The van der Waals surface area contributed by atoms with Crippen LogP contribution >= 0.6 is 0 Å². The quantitative estimate of drug-likeness (QED) is 0.812. The number of amides is 1. The van der Waals surface area contributed by atoms with Crippen LogP contribution in [0.1, 0.15) is 26.3 Å². The number of carboxylic acids is 1. The van der Waals surface area contributed by atoms with Crippen LogP contribution in [0, 0.1) is 5.92 Å². The Labute approximate surface area is 119 Å². The van der Waals surface area contributed by atoms with Crippen molar-refractivity contribution < 1.29 is 14.7 Å². The molecule has 0 saturated heterocycles. The molecule has 0 aromatic heterocycles. The predicted molar refractivity (Wildman–Crippen MR) is 78.1 cm³/mol. The van der Waals surface area contributed by atoms with Crippen LogP contribution < -0.4 is 0 Å². The van der Waals surface area contributed by atoms with E-state index in [4.69, 9.17) is 5.11 Å². The maximum Gasteiger partial charge on any atom is 0.308 e. The van der Waals surface area contributed by atoms with E-state index in [0.29, 0.717) is 6.54 Å². The van der Waals surface area contributed by atoms with E-state index < -0.39 is 11.9 Å². The molecule has 1 N–H and O–H groups in total. The molecule has 0 saturated carbocycles. The van der Waals surface area contributed by atoms with Crippen molar-refractivity contribution in [3.8, 4) is 0 Å². The van der Waals surface area contributed by atoms with E-state index in [9.17, 15) is 9.59 Å². The molecule has 0 spiro atoms. The normalized spacial score (nSPS) is 11.6. The average molecular weight is 275 g/mol. The van der Waals surface area contributed by atoms with Crippen molar-refractivity contribution in [3.05, 3.63) is 47.5 Å². The highest BCUT2D eigenvalue weighted by atomic mass is 16.4. The van der Waals surface area contributed by atoms with Gasteiger partial charge in [-0.2, -0.15) is 0 Å². The highest BCUT2D eigenvalue weighted by Gasteiger charge is 2.19. The topological polar surface area (TPSA) is 57.6 Å². The van der Waals surface area contributed by atoms with Crippen LogP contribution in [0.3, 0.4) is 0 Å². The molecule has 0 aliphatic rings. The highest BCUT2D eigenvalue weighted by molar-refractivity contribution is 5.88. The molecule has 0 fully saturated rings. The SMILES string of the molecule is CC(C)=CC(=O)N(Cc1ccccc1)C[C@H](C)C(=O)O. The zero-order valence-electron chi connectivity index (χ0n) is 12.2. The van der Waals surface area contributed by atoms with Gasteiger partial charge in [0.25, 0.3) is 0 Å². The molecule has 1 aromatic rings.